The van der Waals surface area contributed by atoms with Gasteiger partial charge < -0.3 is 32.3 Å². The Labute approximate surface area is 398 Å². The molecule has 16 nitrogen and oxygen atoms in total. The lowest BCUT2D eigenvalue weighted by Gasteiger charge is -2.19. The van der Waals surface area contributed by atoms with Gasteiger partial charge in [-0.05, 0) is 76.9 Å². The fourth-order valence-corrected chi connectivity index (χ4v) is 7.25. The molecule has 0 aliphatic carbocycles. The first-order chi connectivity index (χ1) is 32.1. The fourth-order valence-electron chi connectivity index (χ4n) is 6.87. The topological polar surface area (TPSA) is 254 Å². The minimum absolute atomic E-state index is 0.0188. The molecule has 0 radical (unpaired) electrons. The van der Waals surface area contributed by atoms with Crippen LogP contribution in [0.2, 0.25) is 10.0 Å². The van der Waals surface area contributed by atoms with Gasteiger partial charge in [0, 0.05) is 83.7 Å². The SMILES string of the molecule is CC(Nc1c(Cl)cnc2cc(F)c(-c3cnc(C(C)(C)O)nc3)nc12)c1cccc(C(N)=O)c1.CC(Nc1c(Cl)cnc2cc(F)c(-c3cnc(C(C)(C)O)nc3)nc12)c1cccc(C(N)=O)c1. The Hall–Kier alpha value is -7.38. The highest BCUT2D eigenvalue weighted by molar-refractivity contribution is 6.35. The predicted octanol–water partition coefficient (Wildman–Crippen LogP) is 8.76. The average Bonchev–Trinajstić information content (AvgIpc) is 3.30. The maximum absolute atomic E-state index is 14.9. The highest BCUT2D eigenvalue weighted by Crippen LogP contribution is 2.36. The Morgan fingerprint density at radius 3 is 1.26 bits per heavy atom. The molecule has 0 aliphatic heterocycles. The molecule has 6 heterocycles. The molecule has 0 spiro atoms. The first-order valence-electron chi connectivity index (χ1n) is 20.8. The van der Waals surface area contributed by atoms with Crippen LogP contribution in [0.25, 0.3) is 44.6 Å². The number of pyridine rings is 4. The molecule has 2 unspecified atom stereocenters. The lowest BCUT2D eigenvalue weighted by atomic mass is 10.0. The maximum Gasteiger partial charge on any atom is 0.248 e. The third kappa shape index (κ3) is 10.7. The first-order valence-corrected chi connectivity index (χ1v) is 21.6. The molecule has 2 aromatic carbocycles. The zero-order valence-corrected chi connectivity index (χ0v) is 38.9. The van der Waals surface area contributed by atoms with Gasteiger partial charge in [-0.25, -0.2) is 38.7 Å². The summed E-state index contributed by atoms with van der Waals surface area (Å²) < 4.78 is 29.8. The van der Waals surface area contributed by atoms with Crippen LogP contribution in [0.3, 0.4) is 0 Å². The minimum Gasteiger partial charge on any atom is -0.382 e. The van der Waals surface area contributed by atoms with Gasteiger partial charge in [0.15, 0.2) is 23.3 Å². The molecule has 348 valence electrons. The Morgan fingerprint density at radius 2 is 0.941 bits per heavy atom. The Bertz CT molecular complexity index is 2990. The van der Waals surface area contributed by atoms with Crippen molar-refractivity contribution >= 4 is 68.5 Å². The number of primary amides is 2. The van der Waals surface area contributed by atoms with Crippen LogP contribution in [-0.2, 0) is 11.2 Å². The van der Waals surface area contributed by atoms with Crippen molar-refractivity contribution in [2.75, 3.05) is 10.6 Å². The zero-order valence-electron chi connectivity index (χ0n) is 37.3. The van der Waals surface area contributed by atoms with Gasteiger partial charge >= 0.3 is 0 Å². The second-order valence-corrected chi connectivity index (χ2v) is 17.6. The van der Waals surface area contributed by atoms with Crippen molar-refractivity contribution in [2.45, 2.75) is 64.8 Å². The number of hydrogen-bond acceptors (Lipinski definition) is 14. The molecular weight excluding hydrogens is 918 g/mol. The summed E-state index contributed by atoms with van der Waals surface area (Å²) in [7, 11) is 0. The van der Waals surface area contributed by atoms with Crippen molar-refractivity contribution in [3.8, 4) is 22.5 Å². The van der Waals surface area contributed by atoms with Crippen LogP contribution in [0.4, 0.5) is 20.2 Å². The quantitative estimate of drug-likeness (QED) is 0.0670. The van der Waals surface area contributed by atoms with Crippen molar-refractivity contribution in [3.63, 3.8) is 0 Å². The molecule has 8 rings (SSSR count). The normalized spacial score (nSPS) is 12.5. The number of amides is 2. The molecule has 68 heavy (non-hydrogen) atoms. The number of carbonyl (C=O) groups excluding carboxylic acids is 2. The number of nitrogens with zero attached hydrogens (tertiary/aromatic N) is 8. The molecule has 20 heteroatoms. The van der Waals surface area contributed by atoms with Crippen molar-refractivity contribution < 1.29 is 28.6 Å². The number of hydrogen-bond donors (Lipinski definition) is 6. The van der Waals surface area contributed by atoms with E-state index in [1.54, 1.807) is 64.1 Å². The number of nitrogens with one attached hydrogen (secondary N) is 2. The Kier molecular flexibility index (Phi) is 13.9. The molecule has 8 aromatic rings. The van der Waals surface area contributed by atoms with E-state index >= 15 is 0 Å². The Morgan fingerprint density at radius 1 is 0.588 bits per heavy atom. The van der Waals surface area contributed by atoms with Crippen LogP contribution in [-0.4, -0.2) is 61.9 Å². The van der Waals surface area contributed by atoms with Crippen LogP contribution in [0, 0.1) is 11.6 Å². The number of benzene rings is 2. The largest absolute Gasteiger partial charge is 0.382 e. The van der Waals surface area contributed by atoms with Gasteiger partial charge in [-0.1, -0.05) is 47.5 Å². The van der Waals surface area contributed by atoms with Gasteiger partial charge in [-0.3, -0.25) is 19.6 Å². The van der Waals surface area contributed by atoms with Crippen LogP contribution in [0.5, 0.6) is 0 Å². The summed E-state index contributed by atoms with van der Waals surface area (Å²) in [6.07, 6.45) is 8.45. The molecule has 0 fully saturated rings. The molecule has 0 aliphatic rings. The van der Waals surface area contributed by atoms with Crippen molar-refractivity contribution in [1.29, 1.82) is 0 Å². The van der Waals surface area contributed by atoms with E-state index in [1.165, 1.54) is 49.3 Å². The average molecular weight is 962 g/mol. The van der Waals surface area contributed by atoms with Crippen molar-refractivity contribution in [2.24, 2.45) is 11.5 Å². The number of aliphatic hydroxyl groups is 2. The van der Waals surface area contributed by atoms with E-state index in [4.69, 9.17) is 34.7 Å². The molecule has 0 saturated carbocycles. The van der Waals surface area contributed by atoms with Gasteiger partial charge in [-0.15, -0.1) is 0 Å². The van der Waals surface area contributed by atoms with E-state index < -0.39 is 34.7 Å². The number of carbonyl (C=O) groups is 2. The van der Waals surface area contributed by atoms with Gasteiger partial charge in [-0.2, -0.15) is 0 Å². The smallest absolute Gasteiger partial charge is 0.248 e. The van der Waals surface area contributed by atoms with Gasteiger partial charge in [0.1, 0.15) is 33.6 Å². The number of anilines is 2. The van der Waals surface area contributed by atoms with E-state index in [1.807, 2.05) is 26.0 Å². The number of rotatable bonds is 12. The monoisotopic (exact) mass is 960 g/mol. The summed E-state index contributed by atoms with van der Waals surface area (Å²) >= 11 is 12.9. The number of halogens is 4. The summed E-state index contributed by atoms with van der Waals surface area (Å²) in [6, 6.07) is 15.8. The van der Waals surface area contributed by atoms with Crippen LogP contribution >= 0.6 is 23.2 Å². The highest BCUT2D eigenvalue weighted by atomic mass is 35.5. The molecule has 2 amide bonds. The number of fused-ring (bicyclic) bond motifs is 2. The third-order valence-electron chi connectivity index (χ3n) is 10.5. The summed E-state index contributed by atoms with van der Waals surface area (Å²) in [5.74, 6) is -1.85. The van der Waals surface area contributed by atoms with Gasteiger partial charge in [0.05, 0.1) is 32.5 Å². The second-order valence-electron chi connectivity index (χ2n) is 16.8. The Balaban J connectivity index is 0.000000201. The minimum atomic E-state index is -1.23. The van der Waals surface area contributed by atoms with Gasteiger partial charge in [0.25, 0.3) is 0 Å². The van der Waals surface area contributed by atoms with E-state index in [-0.39, 0.29) is 35.1 Å². The summed E-state index contributed by atoms with van der Waals surface area (Å²) in [5, 5.41) is 27.3. The third-order valence-corrected chi connectivity index (χ3v) is 11.1. The molecule has 6 aromatic heterocycles. The lowest BCUT2D eigenvalue weighted by molar-refractivity contribution is 0.0682. The molecule has 2 atom stereocenters. The van der Waals surface area contributed by atoms with E-state index in [9.17, 15) is 28.6 Å². The predicted molar refractivity (Wildman–Crippen MR) is 256 cm³/mol. The molecule has 0 saturated heterocycles. The van der Waals surface area contributed by atoms with Crippen LogP contribution in [0.1, 0.15) is 97.1 Å². The molecule has 0 bridgehead atoms. The number of aromatic nitrogens is 8. The standard InChI is InChI=1S/2C24H22ClFN6O2/c2*1-12(13-5-4-6-14(7-13)22(27)33)31-20-16(25)11-28-18-8-17(26)19(32-21(18)20)15-9-29-23(30-10-15)24(2,3)34/h2*4-12,34H,1-3H3,(H2,27,33)(H,28,31). The van der Waals surface area contributed by atoms with E-state index in [2.05, 4.69) is 50.5 Å². The first kappa shape index (κ1) is 48.6. The highest BCUT2D eigenvalue weighted by Gasteiger charge is 2.24. The van der Waals surface area contributed by atoms with Crippen LogP contribution in [0.15, 0.2) is 97.8 Å². The van der Waals surface area contributed by atoms with E-state index in [0.717, 1.165) is 11.1 Å². The number of nitrogens with two attached hydrogens (primary N) is 2. The lowest BCUT2D eigenvalue weighted by Crippen LogP contribution is -2.19. The summed E-state index contributed by atoms with van der Waals surface area (Å²) in [4.78, 5) is 57.0. The van der Waals surface area contributed by atoms with Crippen molar-refractivity contribution in [1.82, 2.24) is 39.9 Å². The summed E-state index contributed by atoms with van der Waals surface area (Å²) in [6.45, 7) is 10.0. The maximum atomic E-state index is 14.9. The van der Waals surface area contributed by atoms with Gasteiger partial charge in [0.2, 0.25) is 11.8 Å². The summed E-state index contributed by atoms with van der Waals surface area (Å²) in [5.41, 5.74) is 13.6. The van der Waals surface area contributed by atoms with Crippen molar-refractivity contribution in [3.05, 3.63) is 153 Å². The van der Waals surface area contributed by atoms with Crippen LogP contribution < -0.4 is 22.1 Å². The molecule has 8 N–H and O–H groups in total. The fraction of sp³-hybridized carbons (Fsp3) is 0.208. The van der Waals surface area contributed by atoms with E-state index in [0.29, 0.717) is 65.7 Å². The second kappa shape index (κ2) is 19.5. The molecular formula is C48H44Cl2F2N12O4. The zero-order chi connectivity index (χ0) is 49.2.